The van der Waals surface area contributed by atoms with Gasteiger partial charge >= 0.3 is 0 Å². The van der Waals surface area contributed by atoms with Crippen LogP contribution in [-0.2, 0) is 0 Å². The Balaban J connectivity index is 1.91. The standard InChI is InChI=1S/C15H18F2N2O/c1-18-11-2-3-12(18)8-19(5-4-11)15-13(16)6-10(9-20)7-14(15)17/h6-7,9,11-12H,2-5,8H2,1H3. The second-order valence-electron chi connectivity index (χ2n) is 5.74. The van der Waals surface area contributed by atoms with Crippen molar-refractivity contribution in [3.63, 3.8) is 0 Å². The van der Waals surface area contributed by atoms with Crippen LogP contribution in [-0.4, -0.2) is 43.4 Å². The van der Waals surface area contributed by atoms with Gasteiger partial charge in [0, 0.05) is 30.7 Å². The maximum Gasteiger partial charge on any atom is 0.150 e. The van der Waals surface area contributed by atoms with Gasteiger partial charge in [-0.1, -0.05) is 0 Å². The number of benzene rings is 1. The van der Waals surface area contributed by atoms with Gasteiger partial charge in [-0.2, -0.15) is 0 Å². The highest BCUT2D eigenvalue weighted by molar-refractivity contribution is 5.76. The van der Waals surface area contributed by atoms with E-state index in [9.17, 15) is 13.6 Å². The van der Waals surface area contributed by atoms with Crippen molar-refractivity contribution in [1.82, 2.24) is 4.90 Å². The van der Waals surface area contributed by atoms with Crippen molar-refractivity contribution in [1.29, 1.82) is 0 Å². The molecule has 1 aromatic rings. The zero-order chi connectivity index (χ0) is 14.3. The number of halogens is 2. The smallest absolute Gasteiger partial charge is 0.150 e. The predicted molar refractivity (Wildman–Crippen MR) is 73.1 cm³/mol. The number of carbonyl (C=O) groups excluding carboxylic acids is 1. The molecule has 1 aromatic carbocycles. The summed E-state index contributed by atoms with van der Waals surface area (Å²) in [5, 5.41) is 0. The molecule has 5 heteroatoms. The van der Waals surface area contributed by atoms with Crippen LogP contribution in [0.2, 0.25) is 0 Å². The van der Waals surface area contributed by atoms with E-state index >= 15 is 0 Å². The van der Waals surface area contributed by atoms with Gasteiger partial charge in [-0.3, -0.25) is 9.69 Å². The van der Waals surface area contributed by atoms with Crippen LogP contribution in [0.1, 0.15) is 29.6 Å². The van der Waals surface area contributed by atoms with Crippen LogP contribution in [0.4, 0.5) is 14.5 Å². The lowest BCUT2D eigenvalue weighted by Crippen LogP contribution is -2.37. The van der Waals surface area contributed by atoms with Gasteiger partial charge in [-0.25, -0.2) is 8.78 Å². The van der Waals surface area contributed by atoms with E-state index in [0.717, 1.165) is 25.0 Å². The van der Waals surface area contributed by atoms with Crippen molar-refractivity contribution >= 4 is 12.0 Å². The SMILES string of the molecule is CN1C2CCC1CN(c1c(F)cc(C=O)cc1F)CC2. The summed E-state index contributed by atoms with van der Waals surface area (Å²) in [5.41, 5.74) is 0.0498. The Morgan fingerprint density at radius 2 is 1.80 bits per heavy atom. The zero-order valence-electron chi connectivity index (χ0n) is 11.5. The average Bonchev–Trinajstić information content (AvgIpc) is 2.65. The van der Waals surface area contributed by atoms with E-state index < -0.39 is 11.6 Å². The molecule has 2 saturated heterocycles. The van der Waals surface area contributed by atoms with Crippen LogP contribution in [0.5, 0.6) is 0 Å². The van der Waals surface area contributed by atoms with E-state index in [1.54, 1.807) is 4.90 Å². The number of likely N-dealkylation sites (N-methyl/N-ethyl adjacent to an activating group) is 1. The molecule has 2 bridgehead atoms. The molecule has 2 heterocycles. The molecule has 2 fully saturated rings. The van der Waals surface area contributed by atoms with Crippen molar-refractivity contribution < 1.29 is 13.6 Å². The third-order valence-electron chi connectivity index (χ3n) is 4.64. The van der Waals surface area contributed by atoms with Gasteiger partial charge in [-0.15, -0.1) is 0 Å². The number of hydrogen-bond donors (Lipinski definition) is 0. The van der Waals surface area contributed by atoms with Gasteiger partial charge in [0.1, 0.15) is 23.6 Å². The summed E-state index contributed by atoms with van der Waals surface area (Å²) < 4.78 is 28.2. The Morgan fingerprint density at radius 1 is 1.15 bits per heavy atom. The van der Waals surface area contributed by atoms with E-state index in [0.29, 0.717) is 31.5 Å². The molecule has 0 aromatic heterocycles. The topological polar surface area (TPSA) is 23.6 Å². The molecular weight excluding hydrogens is 262 g/mol. The molecule has 20 heavy (non-hydrogen) atoms. The molecule has 3 nitrogen and oxygen atoms in total. The Hall–Kier alpha value is -1.49. The van der Waals surface area contributed by atoms with Gasteiger partial charge in [0.05, 0.1) is 0 Å². The molecule has 0 saturated carbocycles. The molecule has 0 aliphatic carbocycles. The number of fused-ring (bicyclic) bond motifs is 2. The van der Waals surface area contributed by atoms with Crippen molar-refractivity contribution in [2.75, 3.05) is 25.0 Å². The summed E-state index contributed by atoms with van der Waals surface area (Å²) in [6, 6.07) is 3.09. The summed E-state index contributed by atoms with van der Waals surface area (Å²) in [5.74, 6) is -1.29. The van der Waals surface area contributed by atoms with Gasteiger partial charge in [0.25, 0.3) is 0 Å². The highest BCUT2D eigenvalue weighted by Crippen LogP contribution is 2.33. The van der Waals surface area contributed by atoms with Crippen LogP contribution in [0.15, 0.2) is 12.1 Å². The maximum atomic E-state index is 14.1. The predicted octanol–water partition coefficient (Wildman–Crippen LogP) is 2.45. The van der Waals surface area contributed by atoms with E-state index in [1.807, 2.05) is 0 Å². The van der Waals surface area contributed by atoms with E-state index in [2.05, 4.69) is 11.9 Å². The van der Waals surface area contributed by atoms with Crippen molar-refractivity contribution in [2.45, 2.75) is 31.3 Å². The summed E-state index contributed by atoms with van der Waals surface area (Å²) >= 11 is 0. The third-order valence-corrected chi connectivity index (χ3v) is 4.64. The molecule has 0 amide bonds. The first-order chi connectivity index (χ1) is 9.60. The minimum absolute atomic E-state index is 0.0107. The zero-order valence-corrected chi connectivity index (χ0v) is 11.5. The molecule has 2 atom stereocenters. The second-order valence-corrected chi connectivity index (χ2v) is 5.74. The Morgan fingerprint density at radius 3 is 2.45 bits per heavy atom. The largest absolute Gasteiger partial charge is 0.365 e. The first-order valence-electron chi connectivity index (χ1n) is 7.01. The first-order valence-corrected chi connectivity index (χ1v) is 7.01. The number of carbonyl (C=O) groups is 1. The van der Waals surface area contributed by atoms with E-state index in [4.69, 9.17) is 0 Å². The molecule has 2 unspecified atom stereocenters. The number of hydrogen-bond acceptors (Lipinski definition) is 3. The lowest BCUT2D eigenvalue weighted by molar-refractivity contribution is 0.112. The van der Waals surface area contributed by atoms with Crippen molar-refractivity contribution in [2.24, 2.45) is 0 Å². The van der Waals surface area contributed by atoms with Crippen LogP contribution in [0.3, 0.4) is 0 Å². The molecule has 0 N–H and O–H groups in total. The average molecular weight is 280 g/mol. The van der Waals surface area contributed by atoms with E-state index in [1.165, 1.54) is 6.42 Å². The van der Waals surface area contributed by atoms with Crippen LogP contribution in [0, 0.1) is 11.6 Å². The molecule has 2 aliphatic rings. The normalized spacial score (nSPS) is 26.6. The maximum absolute atomic E-state index is 14.1. The molecule has 0 radical (unpaired) electrons. The Kier molecular flexibility index (Phi) is 3.46. The Bertz CT molecular complexity index is 512. The minimum Gasteiger partial charge on any atom is -0.365 e. The highest BCUT2D eigenvalue weighted by Gasteiger charge is 2.35. The molecule has 2 aliphatic heterocycles. The van der Waals surface area contributed by atoms with Crippen molar-refractivity contribution in [3.05, 3.63) is 29.3 Å². The van der Waals surface area contributed by atoms with Gasteiger partial charge in [-0.05, 0) is 38.4 Å². The monoisotopic (exact) mass is 280 g/mol. The molecular formula is C15H18F2N2O. The van der Waals surface area contributed by atoms with Crippen LogP contribution in [0.25, 0.3) is 0 Å². The quantitative estimate of drug-likeness (QED) is 0.777. The van der Waals surface area contributed by atoms with Gasteiger partial charge in [0.15, 0.2) is 0 Å². The number of rotatable bonds is 2. The summed E-state index contributed by atoms with van der Waals surface area (Å²) in [4.78, 5) is 14.8. The summed E-state index contributed by atoms with van der Waals surface area (Å²) in [6.07, 6.45) is 3.63. The fourth-order valence-corrected chi connectivity index (χ4v) is 3.47. The molecule has 3 rings (SSSR count). The van der Waals surface area contributed by atoms with Crippen LogP contribution >= 0.6 is 0 Å². The second kappa shape index (κ2) is 5.13. The van der Waals surface area contributed by atoms with Gasteiger partial charge < -0.3 is 4.90 Å². The summed E-state index contributed by atoms with van der Waals surface area (Å²) in [6.45, 7) is 1.29. The van der Waals surface area contributed by atoms with Crippen LogP contribution < -0.4 is 4.90 Å². The lowest BCUT2D eigenvalue weighted by Gasteiger charge is -2.28. The summed E-state index contributed by atoms with van der Waals surface area (Å²) in [7, 11) is 2.09. The van der Waals surface area contributed by atoms with Crippen molar-refractivity contribution in [3.8, 4) is 0 Å². The number of aldehydes is 1. The highest BCUT2D eigenvalue weighted by atomic mass is 19.1. The molecule has 108 valence electrons. The number of nitrogens with zero attached hydrogens (tertiary/aromatic N) is 2. The first kappa shape index (κ1) is 13.5. The third kappa shape index (κ3) is 2.20. The minimum atomic E-state index is -0.646. The van der Waals surface area contributed by atoms with Gasteiger partial charge in [0.2, 0.25) is 0 Å². The van der Waals surface area contributed by atoms with E-state index in [-0.39, 0.29) is 11.3 Å². The molecule has 0 spiro atoms. The lowest BCUT2D eigenvalue weighted by atomic mass is 10.1. The number of anilines is 1. The fourth-order valence-electron chi connectivity index (χ4n) is 3.47. The Labute approximate surface area is 117 Å². The fraction of sp³-hybridized carbons (Fsp3) is 0.533.